The Balaban J connectivity index is 1.80. The highest BCUT2D eigenvalue weighted by Gasteiger charge is 2.51. The van der Waals surface area contributed by atoms with Crippen molar-refractivity contribution < 1.29 is 19.1 Å². The third kappa shape index (κ3) is 4.33. The quantitative estimate of drug-likeness (QED) is 0.686. The number of urea groups is 1. The number of hydrogen-bond donors (Lipinski definition) is 1. The van der Waals surface area contributed by atoms with Crippen LogP contribution in [-0.2, 0) is 20.9 Å². The van der Waals surface area contributed by atoms with Crippen LogP contribution in [0.25, 0.3) is 0 Å². The number of amides is 3. The maximum Gasteiger partial charge on any atom is 0.327 e. The lowest BCUT2D eigenvalue weighted by Gasteiger charge is -2.39. The lowest BCUT2D eigenvalue weighted by Crippen LogP contribution is -2.65. The molecule has 0 radical (unpaired) electrons. The molecule has 2 aliphatic rings. The average Bonchev–Trinajstić information content (AvgIpc) is 3.09. The van der Waals surface area contributed by atoms with Crippen molar-refractivity contribution >= 4 is 23.9 Å². The zero-order valence-electron chi connectivity index (χ0n) is 17.0. The van der Waals surface area contributed by atoms with E-state index in [9.17, 15) is 14.4 Å². The van der Waals surface area contributed by atoms with Gasteiger partial charge in [-0.05, 0) is 18.9 Å². The van der Waals surface area contributed by atoms with Crippen LogP contribution in [0.2, 0.25) is 0 Å². The molecular formula is C20H27N5O4. The number of carbonyl (C=O) groups excluding carboxylic acids is 3. The first kappa shape index (κ1) is 20.6. The fourth-order valence-electron chi connectivity index (χ4n) is 3.58. The Labute approximate surface area is 170 Å². The lowest BCUT2D eigenvalue weighted by atomic mass is 10.1. The molecule has 2 unspecified atom stereocenters. The van der Waals surface area contributed by atoms with E-state index in [1.807, 2.05) is 35.2 Å². The van der Waals surface area contributed by atoms with Crippen LogP contribution in [0.1, 0.15) is 25.3 Å². The Morgan fingerprint density at radius 1 is 1.21 bits per heavy atom. The van der Waals surface area contributed by atoms with Crippen LogP contribution >= 0.6 is 0 Å². The van der Waals surface area contributed by atoms with Crippen molar-refractivity contribution in [2.45, 2.75) is 38.5 Å². The molecule has 156 valence electrons. The van der Waals surface area contributed by atoms with Crippen LogP contribution in [0.5, 0.6) is 0 Å². The number of esters is 1. The predicted octanol–water partition coefficient (Wildman–Crippen LogP) is 1.01. The Morgan fingerprint density at radius 3 is 2.62 bits per heavy atom. The van der Waals surface area contributed by atoms with Crippen molar-refractivity contribution in [3.63, 3.8) is 0 Å². The minimum atomic E-state index is -0.584. The molecule has 3 amide bonds. The van der Waals surface area contributed by atoms with Gasteiger partial charge in [-0.3, -0.25) is 14.5 Å². The van der Waals surface area contributed by atoms with Gasteiger partial charge in [0, 0.05) is 27.1 Å². The van der Waals surface area contributed by atoms with Crippen molar-refractivity contribution in [2.75, 3.05) is 27.2 Å². The van der Waals surface area contributed by atoms with Crippen molar-refractivity contribution in [1.29, 1.82) is 0 Å². The number of carbonyl (C=O) groups is 3. The molecule has 0 aromatic heterocycles. The SMILES string of the molecule is CCOC(=O)CCCN1C(=NCc2ccccc2)NC2C1C(=O)N(C)C(=O)N2C. The molecule has 1 N–H and O–H groups in total. The van der Waals surface area contributed by atoms with E-state index in [2.05, 4.69) is 10.3 Å². The zero-order chi connectivity index (χ0) is 21.0. The van der Waals surface area contributed by atoms with E-state index in [-0.39, 0.29) is 24.3 Å². The standard InChI is InChI=1S/C20H27N5O4/c1-4-29-15(26)11-8-12-25-16-17(23(2)20(28)24(3)18(16)27)22-19(25)21-13-14-9-6-5-7-10-14/h5-7,9-10,16-17H,4,8,11-13H2,1-3H3,(H,21,22). The van der Waals surface area contributed by atoms with E-state index in [0.29, 0.717) is 32.1 Å². The van der Waals surface area contributed by atoms with Gasteiger partial charge in [0.15, 0.2) is 12.0 Å². The van der Waals surface area contributed by atoms with E-state index in [1.165, 1.54) is 11.9 Å². The van der Waals surface area contributed by atoms with Crippen molar-refractivity contribution in [1.82, 2.24) is 20.0 Å². The topological polar surface area (TPSA) is 94.5 Å². The average molecular weight is 401 g/mol. The number of benzene rings is 1. The number of nitrogens with one attached hydrogen (secondary N) is 1. The summed E-state index contributed by atoms with van der Waals surface area (Å²) in [6.07, 6.45) is 0.276. The predicted molar refractivity (Wildman–Crippen MR) is 107 cm³/mol. The minimum Gasteiger partial charge on any atom is -0.466 e. The molecule has 2 saturated heterocycles. The highest BCUT2D eigenvalue weighted by atomic mass is 16.5. The molecule has 0 bridgehead atoms. The van der Waals surface area contributed by atoms with Gasteiger partial charge in [0.2, 0.25) is 0 Å². The molecule has 2 atom stereocenters. The number of likely N-dealkylation sites (N-methyl/N-ethyl adjacent to an activating group) is 2. The Bertz CT molecular complexity index is 797. The summed E-state index contributed by atoms with van der Waals surface area (Å²) in [5.41, 5.74) is 1.04. The molecule has 0 aliphatic carbocycles. The number of nitrogens with zero attached hydrogens (tertiary/aromatic N) is 4. The van der Waals surface area contributed by atoms with Gasteiger partial charge in [0.25, 0.3) is 5.91 Å². The number of guanidine groups is 1. The number of fused-ring (bicyclic) bond motifs is 1. The van der Waals surface area contributed by atoms with Crippen LogP contribution < -0.4 is 5.32 Å². The molecular weight excluding hydrogens is 374 g/mol. The van der Waals surface area contributed by atoms with Gasteiger partial charge in [0.1, 0.15) is 6.17 Å². The fraction of sp³-hybridized carbons (Fsp3) is 0.500. The van der Waals surface area contributed by atoms with E-state index in [1.54, 1.807) is 14.0 Å². The largest absolute Gasteiger partial charge is 0.466 e. The molecule has 29 heavy (non-hydrogen) atoms. The summed E-state index contributed by atoms with van der Waals surface area (Å²) in [5, 5.41) is 3.23. The Hall–Kier alpha value is -3.10. The molecule has 0 spiro atoms. The maximum absolute atomic E-state index is 12.8. The second-order valence-corrected chi connectivity index (χ2v) is 7.05. The van der Waals surface area contributed by atoms with Crippen molar-refractivity contribution in [2.24, 2.45) is 4.99 Å². The molecule has 2 fully saturated rings. The summed E-state index contributed by atoms with van der Waals surface area (Å²) in [5.74, 6) is 0.000947. The third-order valence-electron chi connectivity index (χ3n) is 5.11. The second kappa shape index (κ2) is 8.93. The first-order valence-corrected chi connectivity index (χ1v) is 9.75. The van der Waals surface area contributed by atoms with Gasteiger partial charge in [-0.25, -0.2) is 9.79 Å². The van der Waals surface area contributed by atoms with E-state index >= 15 is 0 Å². The summed E-state index contributed by atoms with van der Waals surface area (Å²) in [4.78, 5) is 46.0. The normalized spacial score (nSPS) is 22.7. The van der Waals surface area contributed by atoms with Crippen LogP contribution in [-0.4, -0.2) is 78.0 Å². The van der Waals surface area contributed by atoms with Crippen LogP contribution in [0.15, 0.2) is 35.3 Å². The highest BCUT2D eigenvalue weighted by molar-refractivity contribution is 6.04. The Morgan fingerprint density at radius 2 is 1.93 bits per heavy atom. The molecule has 1 aromatic rings. The van der Waals surface area contributed by atoms with Crippen LogP contribution in [0, 0.1) is 0 Å². The third-order valence-corrected chi connectivity index (χ3v) is 5.11. The summed E-state index contributed by atoms with van der Waals surface area (Å²) in [6, 6.07) is 8.84. The number of imide groups is 1. The van der Waals surface area contributed by atoms with E-state index in [0.717, 1.165) is 10.5 Å². The van der Waals surface area contributed by atoms with E-state index < -0.39 is 12.2 Å². The van der Waals surface area contributed by atoms with Gasteiger partial charge >= 0.3 is 12.0 Å². The summed E-state index contributed by atoms with van der Waals surface area (Å²) in [6.45, 7) is 3.00. The second-order valence-electron chi connectivity index (χ2n) is 7.05. The lowest BCUT2D eigenvalue weighted by molar-refractivity contribution is -0.143. The first-order valence-electron chi connectivity index (χ1n) is 9.75. The molecule has 9 heteroatoms. The molecule has 2 heterocycles. The molecule has 0 saturated carbocycles. The molecule has 1 aromatic carbocycles. The monoisotopic (exact) mass is 401 g/mol. The molecule has 9 nitrogen and oxygen atoms in total. The van der Waals surface area contributed by atoms with Crippen LogP contribution in [0.4, 0.5) is 4.79 Å². The van der Waals surface area contributed by atoms with Gasteiger partial charge in [-0.15, -0.1) is 0 Å². The number of ether oxygens (including phenoxy) is 1. The Kier molecular flexibility index (Phi) is 6.36. The summed E-state index contributed by atoms with van der Waals surface area (Å²) < 4.78 is 4.98. The number of aliphatic imine (C=N–C) groups is 1. The first-order chi connectivity index (χ1) is 13.9. The summed E-state index contributed by atoms with van der Waals surface area (Å²) >= 11 is 0. The van der Waals surface area contributed by atoms with Gasteiger partial charge in [-0.1, -0.05) is 30.3 Å². The molecule has 3 rings (SSSR count). The smallest absolute Gasteiger partial charge is 0.327 e. The van der Waals surface area contributed by atoms with Crippen molar-refractivity contribution in [3.8, 4) is 0 Å². The number of hydrogen-bond acceptors (Lipinski definition) is 5. The minimum absolute atomic E-state index is 0.256. The number of rotatable bonds is 7. The van der Waals surface area contributed by atoms with Gasteiger partial charge in [-0.2, -0.15) is 0 Å². The van der Waals surface area contributed by atoms with Gasteiger partial charge in [0.05, 0.1) is 13.2 Å². The zero-order valence-corrected chi connectivity index (χ0v) is 17.0. The van der Waals surface area contributed by atoms with E-state index in [4.69, 9.17) is 4.74 Å². The van der Waals surface area contributed by atoms with Crippen molar-refractivity contribution in [3.05, 3.63) is 35.9 Å². The van der Waals surface area contributed by atoms with Gasteiger partial charge < -0.3 is 19.9 Å². The highest BCUT2D eigenvalue weighted by Crippen LogP contribution is 2.24. The fourth-order valence-corrected chi connectivity index (χ4v) is 3.58. The van der Waals surface area contributed by atoms with Crippen LogP contribution in [0.3, 0.4) is 0 Å². The summed E-state index contributed by atoms with van der Waals surface area (Å²) in [7, 11) is 3.14. The molecule has 2 aliphatic heterocycles. The maximum atomic E-state index is 12.8.